The van der Waals surface area contributed by atoms with E-state index in [4.69, 9.17) is 4.74 Å². The van der Waals surface area contributed by atoms with Crippen LogP contribution in [0.5, 0.6) is 0 Å². The number of aliphatic imine (C=N–C) groups is 1. The molecule has 5 nitrogen and oxygen atoms in total. The van der Waals surface area contributed by atoms with Crippen LogP contribution in [0, 0.1) is 11.8 Å². The van der Waals surface area contributed by atoms with Crippen LogP contribution in [0.15, 0.2) is 4.99 Å². The zero-order valence-electron chi connectivity index (χ0n) is 13.9. The monoisotopic (exact) mass is 287 g/mol. The van der Waals surface area contributed by atoms with Crippen LogP contribution in [-0.2, 0) is 4.74 Å². The van der Waals surface area contributed by atoms with Crippen molar-refractivity contribution in [2.24, 2.45) is 16.8 Å². The first-order valence-electron chi connectivity index (χ1n) is 7.67. The Morgan fingerprint density at radius 2 is 1.80 bits per heavy atom. The van der Waals surface area contributed by atoms with Crippen molar-refractivity contribution in [2.45, 2.75) is 53.7 Å². The molecule has 0 aromatic carbocycles. The van der Waals surface area contributed by atoms with Crippen molar-refractivity contribution in [3.63, 3.8) is 0 Å². The van der Waals surface area contributed by atoms with Crippen LogP contribution in [-0.4, -0.2) is 49.5 Å². The van der Waals surface area contributed by atoms with E-state index in [-0.39, 0.29) is 0 Å². The minimum Gasteiger partial charge on any atom is -0.389 e. The summed E-state index contributed by atoms with van der Waals surface area (Å²) in [4.78, 5) is 4.40. The first-order chi connectivity index (χ1) is 9.36. The molecule has 0 aromatic rings. The van der Waals surface area contributed by atoms with E-state index in [2.05, 4.69) is 50.2 Å². The lowest BCUT2D eigenvalue weighted by atomic mass is 10.1. The van der Waals surface area contributed by atoms with Crippen LogP contribution in [0.4, 0.5) is 0 Å². The van der Waals surface area contributed by atoms with Gasteiger partial charge in [0.2, 0.25) is 0 Å². The summed E-state index contributed by atoms with van der Waals surface area (Å²) in [5, 5.41) is 16.4. The van der Waals surface area contributed by atoms with Gasteiger partial charge in [0, 0.05) is 19.2 Å². The number of ether oxygens (including phenoxy) is 1. The minimum atomic E-state index is -0.557. The van der Waals surface area contributed by atoms with E-state index in [0.717, 1.165) is 12.5 Å². The molecule has 0 bridgehead atoms. The molecular formula is C15H33N3O2. The van der Waals surface area contributed by atoms with Crippen molar-refractivity contribution in [2.75, 3.05) is 26.3 Å². The van der Waals surface area contributed by atoms with Gasteiger partial charge in [0.05, 0.1) is 19.3 Å². The van der Waals surface area contributed by atoms with Crippen molar-refractivity contribution < 1.29 is 9.84 Å². The number of nitrogens with zero attached hydrogens (tertiary/aromatic N) is 1. The Hall–Kier alpha value is -0.810. The SMILES string of the molecule is CCNC(=NCC(O)COCC(C)C)NC(C)C(C)C. The largest absolute Gasteiger partial charge is 0.389 e. The standard InChI is InChI=1S/C15H33N3O2/c1-7-16-15(18-13(6)12(4)5)17-8-14(19)10-20-9-11(2)3/h11-14,19H,7-10H2,1-6H3,(H2,16,17,18). The van der Waals surface area contributed by atoms with Crippen molar-refractivity contribution >= 4 is 5.96 Å². The van der Waals surface area contributed by atoms with Gasteiger partial charge in [-0.3, -0.25) is 4.99 Å². The lowest BCUT2D eigenvalue weighted by Gasteiger charge is -2.21. The molecule has 0 aliphatic rings. The predicted molar refractivity (Wildman–Crippen MR) is 85.1 cm³/mol. The van der Waals surface area contributed by atoms with Crippen LogP contribution in [0.1, 0.15) is 41.5 Å². The molecule has 0 saturated heterocycles. The highest BCUT2D eigenvalue weighted by Gasteiger charge is 2.10. The normalized spacial score (nSPS) is 15.6. The quantitative estimate of drug-likeness (QED) is 0.445. The molecule has 2 atom stereocenters. The van der Waals surface area contributed by atoms with Gasteiger partial charge in [0.1, 0.15) is 0 Å². The number of nitrogens with one attached hydrogen (secondary N) is 2. The van der Waals surface area contributed by atoms with Gasteiger partial charge in [0.25, 0.3) is 0 Å². The summed E-state index contributed by atoms with van der Waals surface area (Å²) in [6.45, 7) is 14.8. The number of hydrogen-bond donors (Lipinski definition) is 3. The first kappa shape index (κ1) is 19.2. The molecule has 20 heavy (non-hydrogen) atoms. The molecule has 3 N–H and O–H groups in total. The van der Waals surface area contributed by atoms with Gasteiger partial charge in [-0.05, 0) is 25.7 Å². The van der Waals surface area contributed by atoms with E-state index >= 15 is 0 Å². The maximum Gasteiger partial charge on any atom is 0.191 e. The number of aliphatic hydroxyl groups excluding tert-OH is 1. The summed E-state index contributed by atoms with van der Waals surface area (Å²) in [7, 11) is 0. The Balaban J connectivity index is 4.17. The first-order valence-corrected chi connectivity index (χ1v) is 7.67. The van der Waals surface area contributed by atoms with Gasteiger partial charge in [0.15, 0.2) is 5.96 Å². The fraction of sp³-hybridized carbons (Fsp3) is 0.933. The summed E-state index contributed by atoms with van der Waals surface area (Å²) >= 11 is 0. The summed E-state index contributed by atoms with van der Waals surface area (Å²) in [5.41, 5.74) is 0. The Morgan fingerprint density at radius 3 is 2.30 bits per heavy atom. The van der Waals surface area contributed by atoms with E-state index in [9.17, 15) is 5.11 Å². The fourth-order valence-corrected chi connectivity index (χ4v) is 1.39. The van der Waals surface area contributed by atoms with Gasteiger partial charge in [-0.1, -0.05) is 27.7 Å². The highest BCUT2D eigenvalue weighted by atomic mass is 16.5. The van der Waals surface area contributed by atoms with Crippen LogP contribution < -0.4 is 10.6 Å². The fourth-order valence-electron chi connectivity index (χ4n) is 1.39. The van der Waals surface area contributed by atoms with E-state index in [1.165, 1.54) is 0 Å². The van der Waals surface area contributed by atoms with Crippen LogP contribution in [0.2, 0.25) is 0 Å². The molecule has 0 spiro atoms. The molecule has 0 amide bonds. The molecule has 2 unspecified atom stereocenters. The van der Waals surface area contributed by atoms with Crippen LogP contribution in [0.3, 0.4) is 0 Å². The minimum absolute atomic E-state index is 0.334. The van der Waals surface area contributed by atoms with Crippen LogP contribution in [0.25, 0.3) is 0 Å². The van der Waals surface area contributed by atoms with Gasteiger partial charge in [-0.15, -0.1) is 0 Å². The van der Waals surface area contributed by atoms with Gasteiger partial charge >= 0.3 is 0 Å². The average Bonchev–Trinajstić information content (AvgIpc) is 2.35. The molecule has 0 aliphatic heterocycles. The molecule has 0 aromatic heterocycles. The zero-order valence-corrected chi connectivity index (χ0v) is 13.9. The number of hydrogen-bond acceptors (Lipinski definition) is 3. The smallest absolute Gasteiger partial charge is 0.191 e. The number of aliphatic hydroxyl groups is 1. The second kappa shape index (κ2) is 10.9. The third-order valence-corrected chi connectivity index (χ3v) is 2.93. The second-order valence-electron chi connectivity index (χ2n) is 5.98. The molecular weight excluding hydrogens is 254 g/mol. The van der Waals surface area contributed by atoms with Gasteiger partial charge < -0.3 is 20.5 Å². The van der Waals surface area contributed by atoms with Gasteiger partial charge in [-0.25, -0.2) is 0 Å². The number of rotatable bonds is 9. The summed E-state index contributed by atoms with van der Waals surface area (Å²) in [5.74, 6) is 1.76. The van der Waals surface area contributed by atoms with Gasteiger partial charge in [-0.2, -0.15) is 0 Å². The average molecular weight is 287 g/mol. The van der Waals surface area contributed by atoms with Crippen molar-refractivity contribution in [3.05, 3.63) is 0 Å². The summed E-state index contributed by atoms with van der Waals surface area (Å²) in [6.07, 6.45) is -0.557. The number of guanidine groups is 1. The molecule has 0 fully saturated rings. The maximum absolute atomic E-state index is 9.83. The Labute approximate surface area is 124 Å². The molecule has 0 rings (SSSR count). The molecule has 120 valence electrons. The third-order valence-electron chi connectivity index (χ3n) is 2.93. The zero-order chi connectivity index (χ0) is 15.5. The van der Waals surface area contributed by atoms with Crippen molar-refractivity contribution in [1.82, 2.24) is 10.6 Å². The summed E-state index contributed by atoms with van der Waals surface area (Å²) < 4.78 is 5.41. The van der Waals surface area contributed by atoms with Crippen molar-refractivity contribution in [1.29, 1.82) is 0 Å². The summed E-state index contributed by atoms with van der Waals surface area (Å²) in [6, 6.07) is 0.335. The Kier molecular flexibility index (Phi) is 10.5. The second-order valence-corrected chi connectivity index (χ2v) is 5.98. The Morgan fingerprint density at radius 1 is 1.15 bits per heavy atom. The third kappa shape index (κ3) is 10.0. The molecule has 0 radical (unpaired) electrons. The molecule has 0 aliphatic carbocycles. The lowest BCUT2D eigenvalue weighted by Crippen LogP contribution is -2.44. The van der Waals surface area contributed by atoms with Crippen LogP contribution >= 0.6 is 0 Å². The van der Waals surface area contributed by atoms with E-state index < -0.39 is 6.10 Å². The highest BCUT2D eigenvalue weighted by Crippen LogP contribution is 1.99. The molecule has 5 heteroatoms. The maximum atomic E-state index is 9.83. The van der Waals surface area contributed by atoms with Crippen molar-refractivity contribution in [3.8, 4) is 0 Å². The topological polar surface area (TPSA) is 65.9 Å². The van der Waals surface area contributed by atoms with E-state index in [0.29, 0.717) is 37.6 Å². The lowest BCUT2D eigenvalue weighted by molar-refractivity contribution is 0.0301. The predicted octanol–water partition coefficient (Wildman–Crippen LogP) is 1.62. The Bertz CT molecular complexity index is 268. The molecule has 0 heterocycles. The van der Waals surface area contributed by atoms with E-state index in [1.54, 1.807) is 0 Å². The van der Waals surface area contributed by atoms with E-state index in [1.807, 2.05) is 6.92 Å². The molecule has 0 saturated carbocycles. The highest BCUT2D eigenvalue weighted by molar-refractivity contribution is 5.80.